The third-order valence-electron chi connectivity index (χ3n) is 3.26. The summed E-state index contributed by atoms with van der Waals surface area (Å²) in [5, 5.41) is 20.5. The summed E-state index contributed by atoms with van der Waals surface area (Å²) in [4.78, 5) is 28.3. The van der Waals surface area contributed by atoms with Crippen molar-refractivity contribution >= 4 is 29.0 Å². The SMILES string of the molecule is COC(=O)C1=C(C#N)N=C(C)C(C(=O)O)C1c1cccs1. The van der Waals surface area contributed by atoms with E-state index in [0.717, 1.165) is 0 Å². The highest BCUT2D eigenvalue weighted by atomic mass is 32.1. The number of ether oxygens (including phenoxy) is 1. The zero-order valence-corrected chi connectivity index (χ0v) is 12.2. The molecule has 1 aliphatic heterocycles. The van der Waals surface area contributed by atoms with Crippen LogP contribution in [0.15, 0.2) is 33.8 Å². The van der Waals surface area contributed by atoms with E-state index in [1.165, 1.54) is 18.4 Å². The van der Waals surface area contributed by atoms with Crippen molar-refractivity contribution in [1.29, 1.82) is 5.26 Å². The number of allylic oxidation sites excluding steroid dienone is 1. The van der Waals surface area contributed by atoms with Crippen molar-refractivity contribution in [1.82, 2.24) is 0 Å². The fourth-order valence-electron chi connectivity index (χ4n) is 2.38. The van der Waals surface area contributed by atoms with E-state index in [2.05, 4.69) is 4.99 Å². The third kappa shape index (κ3) is 2.58. The second kappa shape index (κ2) is 5.89. The minimum atomic E-state index is -1.09. The van der Waals surface area contributed by atoms with Crippen LogP contribution in [-0.2, 0) is 14.3 Å². The Labute approximate surface area is 125 Å². The van der Waals surface area contributed by atoms with Gasteiger partial charge in [0.1, 0.15) is 12.0 Å². The largest absolute Gasteiger partial charge is 0.481 e. The average molecular weight is 304 g/mol. The molecule has 1 aliphatic rings. The van der Waals surface area contributed by atoms with Crippen LogP contribution < -0.4 is 0 Å². The van der Waals surface area contributed by atoms with Crippen LogP contribution in [0.4, 0.5) is 0 Å². The number of thiophene rings is 1. The number of carboxylic acids is 1. The van der Waals surface area contributed by atoms with Gasteiger partial charge >= 0.3 is 11.9 Å². The maximum atomic E-state index is 12.0. The molecule has 0 aromatic carbocycles. The van der Waals surface area contributed by atoms with Gasteiger partial charge in [0.15, 0.2) is 5.70 Å². The van der Waals surface area contributed by atoms with Crippen LogP contribution >= 0.6 is 11.3 Å². The van der Waals surface area contributed by atoms with E-state index in [1.54, 1.807) is 24.4 Å². The molecule has 0 amide bonds. The normalized spacial score (nSPS) is 21.5. The molecule has 1 aromatic heterocycles. The summed E-state index contributed by atoms with van der Waals surface area (Å²) in [6.07, 6.45) is 0. The van der Waals surface area contributed by atoms with Crippen molar-refractivity contribution < 1.29 is 19.4 Å². The fourth-order valence-corrected chi connectivity index (χ4v) is 3.25. The maximum absolute atomic E-state index is 12.0. The Morgan fingerprint density at radius 1 is 1.52 bits per heavy atom. The number of esters is 1. The van der Waals surface area contributed by atoms with Gasteiger partial charge in [0.25, 0.3) is 0 Å². The summed E-state index contributed by atoms with van der Waals surface area (Å²) >= 11 is 1.33. The lowest BCUT2D eigenvalue weighted by atomic mass is 9.79. The number of hydrogen-bond acceptors (Lipinski definition) is 6. The molecule has 0 aliphatic carbocycles. The topological polar surface area (TPSA) is 99.8 Å². The molecule has 2 rings (SSSR count). The Morgan fingerprint density at radius 2 is 2.24 bits per heavy atom. The zero-order valence-electron chi connectivity index (χ0n) is 11.4. The minimum absolute atomic E-state index is 0.000417. The summed E-state index contributed by atoms with van der Waals surface area (Å²) in [5.41, 5.74) is 0.209. The summed E-state index contributed by atoms with van der Waals surface area (Å²) in [6, 6.07) is 5.36. The monoisotopic (exact) mass is 304 g/mol. The number of methoxy groups -OCH3 is 1. The Kier molecular flexibility index (Phi) is 4.19. The van der Waals surface area contributed by atoms with Gasteiger partial charge in [-0.05, 0) is 18.4 Å². The van der Waals surface area contributed by atoms with Crippen molar-refractivity contribution in [2.45, 2.75) is 12.8 Å². The highest BCUT2D eigenvalue weighted by molar-refractivity contribution is 7.10. The first-order valence-electron chi connectivity index (χ1n) is 6.05. The average Bonchev–Trinajstić information content (AvgIpc) is 2.98. The Hall–Kier alpha value is -2.46. The molecule has 0 saturated carbocycles. The van der Waals surface area contributed by atoms with Crippen LogP contribution in [0.3, 0.4) is 0 Å². The predicted octanol–water partition coefficient (Wildman–Crippen LogP) is 1.96. The lowest BCUT2D eigenvalue weighted by Gasteiger charge is -2.28. The van der Waals surface area contributed by atoms with Crippen molar-refractivity contribution in [2.24, 2.45) is 10.9 Å². The third-order valence-corrected chi connectivity index (χ3v) is 4.22. The van der Waals surface area contributed by atoms with Gasteiger partial charge in [0.2, 0.25) is 0 Å². The Balaban J connectivity index is 2.70. The molecular weight excluding hydrogens is 292 g/mol. The van der Waals surface area contributed by atoms with E-state index >= 15 is 0 Å². The van der Waals surface area contributed by atoms with E-state index < -0.39 is 23.8 Å². The van der Waals surface area contributed by atoms with Crippen LogP contribution in [0.25, 0.3) is 0 Å². The Morgan fingerprint density at radius 3 is 2.71 bits per heavy atom. The molecule has 108 valence electrons. The van der Waals surface area contributed by atoms with Crippen molar-refractivity contribution in [3.8, 4) is 6.07 Å². The van der Waals surface area contributed by atoms with Crippen molar-refractivity contribution in [2.75, 3.05) is 7.11 Å². The quantitative estimate of drug-likeness (QED) is 0.860. The number of carbonyl (C=O) groups excluding carboxylic acids is 1. The van der Waals surface area contributed by atoms with Gasteiger partial charge in [-0.3, -0.25) is 4.79 Å². The van der Waals surface area contributed by atoms with Gasteiger partial charge in [-0.2, -0.15) is 5.26 Å². The lowest BCUT2D eigenvalue weighted by molar-refractivity contribution is -0.140. The summed E-state index contributed by atoms with van der Waals surface area (Å²) in [6.45, 7) is 1.55. The minimum Gasteiger partial charge on any atom is -0.481 e. The smallest absolute Gasteiger partial charge is 0.337 e. The molecule has 2 heterocycles. The first kappa shape index (κ1) is 14.9. The summed E-state index contributed by atoms with van der Waals surface area (Å²) < 4.78 is 4.71. The van der Waals surface area contributed by atoms with E-state index in [-0.39, 0.29) is 11.3 Å². The van der Waals surface area contributed by atoms with Crippen LogP contribution in [0, 0.1) is 17.2 Å². The highest BCUT2D eigenvalue weighted by Gasteiger charge is 2.42. The number of hydrogen-bond donors (Lipinski definition) is 1. The molecule has 7 heteroatoms. The molecule has 1 N–H and O–H groups in total. The first-order valence-corrected chi connectivity index (χ1v) is 6.93. The lowest BCUT2D eigenvalue weighted by Crippen LogP contribution is -2.35. The molecule has 0 saturated heterocycles. The van der Waals surface area contributed by atoms with E-state index in [4.69, 9.17) is 4.74 Å². The Bertz CT molecular complexity index is 682. The molecule has 2 unspecified atom stereocenters. The molecule has 0 spiro atoms. The van der Waals surface area contributed by atoms with Crippen LogP contribution in [0.5, 0.6) is 0 Å². The molecule has 0 radical (unpaired) electrons. The molecule has 6 nitrogen and oxygen atoms in total. The van der Waals surface area contributed by atoms with Gasteiger partial charge in [-0.25, -0.2) is 9.79 Å². The van der Waals surface area contributed by atoms with Gasteiger partial charge in [-0.15, -0.1) is 11.3 Å². The molecule has 0 bridgehead atoms. The predicted molar refractivity (Wildman–Crippen MR) is 75.9 cm³/mol. The standard InChI is InChI=1S/C14H12N2O4S/c1-7-10(13(17)18)12(9-4-3-5-21-9)11(14(19)20-2)8(6-15)16-7/h3-5,10,12H,1-2H3,(H,17,18). The number of aliphatic carboxylic acids is 1. The van der Waals surface area contributed by atoms with Gasteiger partial charge in [0, 0.05) is 16.5 Å². The fraction of sp³-hybridized carbons (Fsp3) is 0.286. The van der Waals surface area contributed by atoms with Gasteiger partial charge < -0.3 is 9.84 Å². The molecule has 0 fully saturated rings. The summed E-state index contributed by atoms with van der Waals surface area (Å²) in [7, 11) is 1.19. The first-order chi connectivity index (χ1) is 10.0. The van der Waals surface area contributed by atoms with E-state index in [9.17, 15) is 20.0 Å². The number of carbonyl (C=O) groups is 2. The number of nitrogens with zero attached hydrogens (tertiary/aromatic N) is 2. The van der Waals surface area contributed by atoms with Crippen LogP contribution in [0.1, 0.15) is 17.7 Å². The molecular formula is C14H12N2O4S. The summed E-state index contributed by atoms with van der Waals surface area (Å²) in [5.74, 6) is -3.57. The number of rotatable bonds is 3. The second-order valence-corrected chi connectivity index (χ2v) is 5.41. The van der Waals surface area contributed by atoms with Crippen LogP contribution in [0.2, 0.25) is 0 Å². The molecule has 1 aromatic rings. The van der Waals surface area contributed by atoms with Gasteiger partial charge in [0.05, 0.1) is 12.7 Å². The van der Waals surface area contributed by atoms with Gasteiger partial charge in [-0.1, -0.05) is 6.07 Å². The maximum Gasteiger partial charge on any atom is 0.337 e. The number of nitriles is 1. The number of aliphatic imine (C=N–C) groups is 1. The van der Waals surface area contributed by atoms with Crippen LogP contribution in [-0.4, -0.2) is 29.9 Å². The second-order valence-electron chi connectivity index (χ2n) is 4.43. The molecule has 2 atom stereocenters. The zero-order chi connectivity index (χ0) is 15.6. The van der Waals surface area contributed by atoms with E-state index in [0.29, 0.717) is 10.6 Å². The van der Waals surface area contributed by atoms with Crippen molar-refractivity contribution in [3.05, 3.63) is 33.7 Å². The number of carboxylic acid groups (broad SMARTS) is 1. The van der Waals surface area contributed by atoms with E-state index in [1.807, 2.05) is 6.07 Å². The molecule has 21 heavy (non-hydrogen) atoms. The van der Waals surface area contributed by atoms with Crippen molar-refractivity contribution in [3.63, 3.8) is 0 Å². The highest BCUT2D eigenvalue weighted by Crippen LogP contribution is 2.41.